The number of methoxy groups -OCH3 is 1. The third-order valence-corrected chi connectivity index (χ3v) is 4.22. The van der Waals surface area contributed by atoms with E-state index in [2.05, 4.69) is 30.4 Å². The van der Waals surface area contributed by atoms with Crippen LogP contribution in [0.1, 0.15) is 29.8 Å². The summed E-state index contributed by atoms with van der Waals surface area (Å²) in [5.41, 5.74) is 1.23. The summed E-state index contributed by atoms with van der Waals surface area (Å²) >= 11 is 7.67. The third kappa shape index (κ3) is 3.72. The highest BCUT2D eigenvalue weighted by Gasteiger charge is 2.15. The van der Waals surface area contributed by atoms with Crippen molar-refractivity contribution in [3.63, 3.8) is 0 Å². The fourth-order valence-corrected chi connectivity index (χ4v) is 3.12. The molecular weight excluding hydrogens is 278 g/mol. The maximum absolute atomic E-state index is 6.04. The average molecular weight is 296 g/mol. The van der Waals surface area contributed by atoms with Gasteiger partial charge < -0.3 is 10.1 Å². The molecule has 1 heterocycles. The van der Waals surface area contributed by atoms with Gasteiger partial charge in [0.1, 0.15) is 5.75 Å². The molecule has 19 heavy (non-hydrogen) atoms. The normalized spacial score (nSPS) is 12.4. The van der Waals surface area contributed by atoms with E-state index in [0.29, 0.717) is 0 Å². The second kappa shape index (κ2) is 6.94. The molecule has 1 atom stereocenters. The minimum absolute atomic E-state index is 0.198. The Bertz CT molecular complexity index is 509. The molecule has 0 amide bonds. The van der Waals surface area contributed by atoms with Gasteiger partial charge in [-0.05, 0) is 42.8 Å². The minimum atomic E-state index is 0.198. The molecule has 0 fully saturated rings. The van der Waals surface area contributed by atoms with Crippen molar-refractivity contribution >= 4 is 22.9 Å². The third-order valence-electron chi connectivity index (χ3n) is 2.93. The average Bonchev–Trinajstić information content (AvgIpc) is 2.86. The molecular formula is C15H18ClNOS. The first-order chi connectivity index (χ1) is 9.24. The van der Waals surface area contributed by atoms with Crippen LogP contribution in [-0.2, 0) is 0 Å². The highest BCUT2D eigenvalue weighted by atomic mass is 35.5. The summed E-state index contributed by atoms with van der Waals surface area (Å²) in [5, 5.41) is 3.56. The number of hydrogen-bond donors (Lipinski definition) is 1. The summed E-state index contributed by atoms with van der Waals surface area (Å²) in [7, 11) is 1.68. The number of benzene rings is 1. The molecule has 1 aromatic heterocycles. The molecule has 1 N–H and O–H groups in total. The van der Waals surface area contributed by atoms with Crippen molar-refractivity contribution in [2.75, 3.05) is 13.7 Å². The number of hydrogen-bond acceptors (Lipinski definition) is 3. The van der Waals surface area contributed by atoms with Crippen molar-refractivity contribution < 1.29 is 4.74 Å². The molecule has 1 aromatic carbocycles. The number of nitrogens with one attached hydrogen (secondary N) is 1. The molecule has 2 nitrogen and oxygen atoms in total. The van der Waals surface area contributed by atoms with E-state index in [1.807, 2.05) is 18.2 Å². The summed E-state index contributed by atoms with van der Waals surface area (Å²) in [5.74, 6) is 0.877. The summed E-state index contributed by atoms with van der Waals surface area (Å²) in [4.78, 5) is 1.24. The van der Waals surface area contributed by atoms with Crippen LogP contribution in [-0.4, -0.2) is 13.7 Å². The Labute approximate surface area is 123 Å². The zero-order chi connectivity index (χ0) is 13.7. The van der Waals surface area contributed by atoms with Crippen molar-refractivity contribution in [3.05, 3.63) is 51.2 Å². The van der Waals surface area contributed by atoms with Gasteiger partial charge in [0.05, 0.1) is 17.5 Å². The Hall–Kier alpha value is -1.03. The van der Waals surface area contributed by atoms with Crippen LogP contribution >= 0.6 is 22.9 Å². The second-order valence-electron chi connectivity index (χ2n) is 4.30. The molecule has 0 bridgehead atoms. The SMILES string of the molecule is CCCNC(c1ccc(OC)cc1)c1ccc(Cl)s1. The van der Waals surface area contributed by atoms with Crippen molar-refractivity contribution in [1.82, 2.24) is 5.32 Å². The van der Waals surface area contributed by atoms with Crippen LogP contribution in [0.3, 0.4) is 0 Å². The first kappa shape index (κ1) is 14.4. The molecule has 0 spiro atoms. The number of rotatable bonds is 6. The lowest BCUT2D eigenvalue weighted by Crippen LogP contribution is -2.22. The molecule has 0 saturated carbocycles. The lowest BCUT2D eigenvalue weighted by molar-refractivity contribution is 0.414. The fourth-order valence-electron chi connectivity index (χ4n) is 1.95. The van der Waals surface area contributed by atoms with E-state index in [4.69, 9.17) is 16.3 Å². The largest absolute Gasteiger partial charge is 0.497 e. The Balaban J connectivity index is 2.25. The van der Waals surface area contributed by atoms with E-state index in [9.17, 15) is 0 Å². The van der Waals surface area contributed by atoms with E-state index < -0.39 is 0 Å². The number of ether oxygens (including phenoxy) is 1. The molecule has 0 saturated heterocycles. The first-order valence-corrected chi connectivity index (χ1v) is 7.56. The Morgan fingerprint density at radius 2 is 1.95 bits per heavy atom. The van der Waals surface area contributed by atoms with E-state index in [-0.39, 0.29) is 6.04 Å². The van der Waals surface area contributed by atoms with Crippen molar-refractivity contribution in [2.24, 2.45) is 0 Å². The summed E-state index contributed by atoms with van der Waals surface area (Å²) in [6.07, 6.45) is 1.10. The molecule has 1 unspecified atom stereocenters. The van der Waals surface area contributed by atoms with Crippen LogP contribution in [0.2, 0.25) is 4.34 Å². The van der Waals surface area contributed by atoms with E-state index in [1.54, 1.807) is 18.4 Å². The summed E-state index contributed by atoms with van der Waals surface area (Å²) in [6, 6.07) is 12.4. The van der Waals surface area contributed by atoms with Gasteiger partial charge in [0.25, 0.3) is 0 Å². The molecule has 0 aliphatic heterocycles. The monoisotopic (exact) mass is 295 g/mol. The van der Waals surface area contributed by atoms with Gasteiger partial charge in [0, 0.05) is 4.88 Å². The maximum atomic E-state index is 6.04. The van der Waals surface area contributed by atoms with Gasteiger partial charge in [0.15, 0.2) is 0 Å². The molecule has 102 valence electrons. The fraction of sp³-hybridized carbons (Fsp3) is 0.333. The molecule has 0 aliphatic rings. The zero-order valence-electron chi connectivity index (χ0n) is 11.2. The van der Waals surface area contributed by atoms with Crippen molar-refractivity contribution in [2.45, 2.75) is 19.4 Å². The molecule has 2 rings (SSSR count). The number of thiophene rings is 1. The van der Waals surface area contributed by atoms with Crippen molar-refractivity contribution in [3.8, 4) is 5.75 Å². The summed E-state index contributed by atoms with van der Waals surface area (Å²) in [6.45, 7) is 3.14. The van der Waals surface area contributed by atoms with E-state index in [0.717, 1.165) is 23.1 Å². The van der Waals surface area contributed by atoms with Crippen molar-refractivity contribution in [1.29, 1.82) is 0 Å². The Morgan fingerprint density at radius 3 is 2.47 bits per heavy atom. The van der Waals surface area contributed by atoms with Crippen LogP contribution in [0.25, 0.3) is 0 Å². The lowest BCUT2D eigenvalue weighted by Gasteiger charge is -2.18. The van der Waals surface area contributed by atoms with E-state index in [1.165, 1.54) is 10.4 Å². The molecule has 2 aromatic rings. The van der Waals surface area contributed by atoms with Gasteiger partial charge in [-0.3, -0.25) is 0 Å². The molecule has 0 aliphatic carbocycles. The lowest BCUT2D eigenvalue weighted by atomic mass is 10.1. The van der Waals surface area contributed by atoms with Crippen LogP contribution in [0.5, 0.6) is 5.75 Å². The van der Waals surface area contributed by atoms with Gasteiger partial charge in [-0.15, -0.1) is 11.3 Å². The standard InChI is InChI=1S/C15H18ClNOS/c1-3-10-17-15(13-8-9-14(16)19-13)11-4-6-12(18-2)7-5-11/h4-9,15,17H,3,10H2,1-2H3. The van der Waals surface area contributed by atoms with Crippen LogP contribution < -0.4 is 10.1 Å². The van der Waals surface area contributed by atoms with Gasteiger partial charge in [-0.25, -0.2) is 0 Å². The van der Waals surface area contributed by atoms with Crippen LogP contribution in [0.4, 0.5) is 0 Å². The summed E-state index contributed by atoms with van der Waals surface area (Å²) < 4.78 is 6.03. The van der Waals surface area contributed by atoms with E-state index >= 15 is 0 Å². The second-order valence-corrected chi connectivity index (χ2v) is 6.05. The predicted octanol–water partition coefficient (Wildman–Crippen LogP) is 4.50. The zero-order valence-corrected chi connectivity index (χ0v) is 12.7. The van der Waals surface area contributed by atoms with Crippen LogP contribution in [0.15, 0.2) is 36.4 Å². The van der Waals surface area contributed by atoms with Gasteiger partial charge in [-0.1, -0.05) is 30.7 Å². The smallest absolute Gasteiger partial charge is 0.118 e. The highest BCUT2D eigenvalue weighted by Crippen LogP contribution is 2.31. The van der Waals surface area contributed by atoms with Gasteiger partial charge in [-0.2, -0.15) is 0 Å². The Kier molecular flexibility index (Phi) is 5.25. The Morgan fingerprint density at radius 1 is 1.21 bits per heavy atom. The molecule has 4 heteroatoms. The molecule has 0 radical (unpaired) electrons. The van der Waals surface area contributed by atoms with Gasteiger partial charge in [0.2, 0.25) is 0 Å². The van der Waals surface area contributed by atoms with Crippen LogP contribution in [0, 0.1) is 0 Å². The number of halogens is 1. The highest BCUT2D eigenvalue weighted by molar-refractivity contribution is 7.16. The first-order valence-electron chi connectivity index (χ1n) is 6.37. The maximum Gasteiger partial charge on any atom is 0.118 e. The topological polar surface area (TPSA) is 21.3 Å². The quantitative estimate of drug-likeness (QED) is 0.847. The minimum Gasteiger partial charge on any atom is -0.497 e. The van der Waals surface area contributed by atoms with Gasteiger partial charge >= 0.3 is 0 Å². The predicted molar refractivity (Wildman–Crippen MR) is 82.5 cm³/mol.